The summed E-state index contributed by atoms with van der Waals surface area (Å²) in [6.45, 7) is 7.97. The maximum Gasteiger partial charge on any atom is 0.317 e. The topological polar surface area (TPSA) is 70.7 Å². The van der Waals surface area contributed by atoms with Gasteiger partial charge in [0.15, 0.2) is 0 Å². The molecule has 3 aliphatic rings. The summed E-state index contributed by atoms with van der Waals surface area (Å²) in [7, 11) is 0. The van der Waals surface area contributed by atoms with Gasteiger partial charge in [-0.1, -0.05) is 30.3 Å². The highest BCUT2D eigenvalue weighted by molar-refractivity contribution is 5.78. The van der Waals surface area contributed by atoms with Crippen molar-refractivity contribution in [3.05, 3.63) is 35.9 Å². The third-order valence-electron chi connectivity index (χ3n) is 6.30. The predicted octanol–water partition coefficient (Wildman–Crippen LogP) is 2.33. The van der Waals surface area contributed by atoms with Crippen LogP contribution in [0.25, 0.3) is 0 Å². The molecule has 3 aliphatic heterocycles. The molecule has 2 bridgehead atoms. The lowest BCUT2D eigenvalue weighted by Gasteiger charge is -2.29. The zero-order valence-electron chi connectivity index (χ0n) is 17.0. The van der Waals surface area contributed by atoms with E-state index in [0.717, 1.165) is 18.4 Å². The summed E-state index contributed by atoms with van der Waals surface area (Å²) in [6, 6.07) is 9.78. The first-order valence-corrected chi connectivity index (χ1v) is 10.3. The molecule has 0 radical (unpaired) electrons. The fourth-order valence-electron chi connectivity index (χ4n) is 5.09. The fraction of sp³-hybridized carbons (Fsp3) is 0.636. The van der Waals surface area contributed by atoms with Crippen LogP contribution in [0.1, 0.15) is 39.2 Å². The molecule has 0 aromatic heterocycles. The third kappa shape index (κ3) is 3.75. The van der Waals surface area contributed by atoms with E-state index in [0.29, 0.717) is 32.0 Å². The Balaban J connectivity index is 1.36. The molecule has 0 aliphatic carbocycles. The summed E-state index contributed by atoms with van der Waals surface area (Å²) in [6.07, 6.45) is 2.63. The summed E-state index contributed by atoms with van der Waals surface area (Å²) in [5.74, 6) is 0.623. The number of amides is 3. The molecule has 6 heteroatoms. The molecule has 1 aromatic rings. The van der Waals surface area contributed by atoms with E-state index in [-0.39, 0.29) is 35.1 Å². The lowest BCUT2D eigenvalue weighted by molar-refractivity contribution is -0.120. The smallest absolute Gasteiger partial charge is 0.317 e. The molecule has 0 saturated carbocycles. The van der Waals surface area contributed by atoms with Gasteiger partial charge in [0.05, 0.1) is 24.7 Å². The van der Waals surface area contributed by atoms with Gasteiger partial charge >= 0.3 is 6.03 Å². The van der Waals surface area contributed by atoms with Crippen molar-refractivity contribution in [3.8, 4) is 0 Å². The molecule has 4 atom stereocenters. The summed E-state index contributed by atoms with van der Waals surface area (Å²) < 4.78 is 6.38. The van der Waals surface area contributed by atoms with Gasteiger partial charge in [0.25, 0.3) is 0 Å². The molecular weight excluding hydrogens is 354 g/mol. The molecule has 152 valence electrons. The number of nitrogens with zero attached hydrogens (tertiary/aromatic N) is 1. The first kappa shape index (κ1) is 19.2. The average molecular weight is 386 g/mol. The average Bonchev–Trinajstić information content (AvgIpc) is 3.27. The standard InChI is InChI=1S/C22H31N3O3/c1-21(2,3)24-20(27)25-13-17-16(18-9-10-22(17,14-25)28-18)12-23-19(26)11-15-7-5-4-6-8-15/h4-8,16-18H,9-14H2,1-3H3,(H,23,26)(H,24,27)/t16-,17+,18+,22+/m0/s1. The van der Waals surface area contributed by atoms with Crippen LogP contribution in [0.2, 0.25) is 0 Å². The van der Waals surface area contributed by atoms with Crippen molar-refractivity contribution in [2.75, 3.05) is 19.6 Å². The van der Waals surface area contributed by atoms with Crippen molar-refractivity contribution in [2.45, 2.75) is 57.3 Å². The maximum absolute atomic E-state index is 12.6. The summed E-state index contributed by atoms with van der Waals surface area (Å²) in [5, 5.41) is 6.17. The van der Waals surface area contributed by atoms with Gasteiger partial charge in [-0.3, -0.25) is 4.79 Å². The molecule has 0 unspecified atom stereocenters. The molecule has 3 heterocycles. The number of urea groups is 1. The zero-order chi connectivity index (χ0) is 19.9. The van der Waals surface area contributed by atoms with Crippen molar-refractivity contribution in [3.63, 3.8) is 0 Å². The molecule has 28 heavy (non-hydrogen) atoms. The van der Waals surface area contributed by atoms with E-state index in [2.05, 4.69) is 10.6 Å². The SMILES string of the molecule is CC(C)(C)NC(=O)N1C[C@@H]2[C@H](CNC(=O)Cc3ccccc3)[C@H]3CC[C@]2(C1)O3. The van der Waals surface area contributed by atoms with Crippen molar-refractivity contribution in [1.82, 2.24) is 15.5 Å². The van der Waals surface area contributed by atoms with Crippen LogP contribution in [0, 0.1) is 11.8 Å². The van der Waals surface area contributed by atoms with E-state index in [1.165, 1.54) is 0 Å². The van der Waals surface area contributed by atoms with Crippen molar-refractivity contribution < 1.29 is 14.3 Å². The largest absolute Gasteiger partial charge is 0.369 e. The van der Waals surface area contributed by atoms with E-state index in [1.54, 1.807) is 0 Å². The van der Waals surface area contributed by atoms with Gasteiger partial charge in [0, 0.05) is 30.5 Å². The Bertz CT molecular complexity index is 745. The number of nitrogens with one attached hydrogen (secondary N) is 2. The monoisotopic (exact) mass is 385 g/mol. The molecule has 4 rings (SSSR count). The van der Waals surface area contributed by atoms with Crippen LogP contribution in [0.3, 0.4) is 0 Å². The Morgan fingerprint density at radius 3 is 2.71 bits per heavy atom. The summed E-state index contributed by atoms with van der Waals surface area (Å²) in [4.78, 5) is 26.9. The lowest BCUT2D eigenvalue weighted by atomic mass is 9.73. The van der Waals surface area contributed by atoms with Crippen molar-refractivity contribution >= 4 is 11.9 Å². The Morgan fingerprint density at radius 2 is 2.00 bits per heavy atom. The summed E-state index contributed by atoms with van der Waals surface area (Å²) >= 11 is 0. The number of likely N-dealkylation sites (tertiary alicyclic amines) is 1. The Morgan fingerprint density at radius 1 is 1.25 bits per heavy atom. The van der Waals surface area contributed by atoms with E-state index in [9.17, 15) is 9.59 Å². The van der Waals surface area contributed by atoms with Crippen LogP contribution in [0.5, 0.6) is 0 Å². The molecule has 1 spiro atoms. The van der Waals surface area contributed by atoms with Gasteiger partial charge in [0.1, 0.15) is 0 Å². The van der Waals surface area contributed by atoms with E-state index in [1.807, 2.05) is 56.0 Å². The number of rotatable bonds is 4. The minimum atomic E-state index is -0.254. The third-order valence-corrected chi connectivity index (χ3v) is 6.30. The first-order valence-electron chi connectivity index (χ1n) is 10.3. The normalized spacial score (nSPS) is 31.0. The minimum Gasteiger partial charge on any atom is -0.369 e. The van der Waals surface area contributed by atoms with Crippen molar-refractivity contribution in [1.29, 1.82) is 0 Å². The lowest BCUT2D eigenvalue weighted by Crippen LogP contribution is -2.48. The van der Waals surface area contributed by atoms with Crippen LogP contribution in [-0.4, -0.2) is 53.7 Å². The van der Waals surface area contributed by atoms with Crippen LogP contribution >= 0.6 is 0 Å². The Hall–Kier alpha value is -2.08. The number of hydrogen-bond acceptors (Lipinski definition) is 3. The molecule has 3 saturated heterocycles. The number of carbonyl (C=O) groups is 2. The number of ether oxygens (including phenoxy) is 1. The van der Waals surface area contributed by atoms with Crippen molar-refractivity contribution in [2.24, 2.45) is 11.8 Å². The number of hydrogen-bond donors (Lipinski definition) is 2. The second-order valence-electron chi connectivity index (χ2n) is 9.56. The highest BCUT2D eigenvalue weighted by Crippen LogP contribution is 2.54. The predicted molar refractivity (Wildman–Crippen MR) is 107 cm³/mol. The van der Waals surface area contributed by atoms with Gasteiger partial charge in [-0.25, -0.2) is 4.79 Å². The molecule has 6 nitrogen and oxygen atoms in total. The highest BCUT2D eigenvalue weighted by atomic mass is 16.5. The van der Waals surface area contributed by atoms with Crippen LogP contribution in [0.15, 0.2) is 30.3 Å². The molecule has 2 N–H and O–H groups in total. The minimum absolute atomic E-state index is 0.0183. The zero-order valence-corrected chi connectivity index (χ0v) is 17.0. The van der Waals surface area contributed by atoms with Gasteiger partial charge < -0.3 is 20.3 Å². The van der Waals surface area contributed by atoms with Crippen LogP contribution in [-0.2, 0) is 16.0 Å². The van der Waals surface area contributed by atoms with Gasteiger partial charge in [0.2, 0.25) is 5.91 Å². The van der Waals surface area contributed by atoms with E-state index < -0.39 is 0 Å². The molecular formula is C22H31N3O3. The number of fused-ring (bicyclic) bond motifs is 1. The second-order valence-corrected chi connectivity index (χ2v) is 9.56. The van der Waals surface area contributed by atoms with Gasteiger partial charge in [-0.05, 0) is 39.2 Å². The molecule has 3 amide bonds. The molecule has 1 aromatic carbocycles. The number of carbonyl (C=O) groups excluding carboxylic acids is 2. The van der Waals surface area contributed by atoms with E-state index in [4.69, 9.17) is 4.74 Å². The fourth-order valence-corrected chi connectivity index (χ4v) is 5.09. The first-order chi connectivity index (χ1) is 13.3. The Labute approximate surface area is 167 Å². The van der Waals surface area contributed by atoms with Gasteiger partial charge in [-0.15, -0.1) is 0 Å². The quantitative estimate of drug-likeness (QED) is 0.836. The molecule has 3 fully saturated rings. The van der Waals surface area contributed by atoms with E-state index >= 15 is 0 Å². The Kier molecular flexibility index (Phi) is 4.86. The van der Waals surface area contributed by atoms with Crippen LogP contribution in [0.4, 0.5) is 4.79 Å². The second kappa shape index (κ2) is 7.07. The number of benzene rings is 1. The van der Waals surface area contributed by atoms with Gasteiger partial charge in [-0.2, -0.15) is 0 Å². The highest BCUT2D eigenvalue weighted by Gasteiger charge is 2.63. The van der Waals surface area contributed by atoms with Crippen LogP contribution < -0.4 is 10.6 Å². The maximum atomic E-state index is 12.6. The summed E-state index contributed by atoms with van der Waals surface area (Å²) in [5.41, 5.74) is 0.553.